The number of nitrogens with zero attached hydrogens (tertiary/aromatic N) is 2. The number of hydrogen-bond donors (Lipinski definition) is 1. The molecule has 0 amide bonds. The lowest BCUT2D eigenvalue weighted by Crippen LogP contribution is -2.22. The fraction of sp³-hybridized carbons (Fsp3) is 0.333. The third-order valence-electron chi connectivity index (χ3n) is 2.78. The lowest BCUT2D eigenvalue weighted by Gasteiger charge is -2.10. The van der Waals surface area contributed by atoms with Gasteiger partial charge in [-0.15, -0.1) is 0 Å². The summed E-state index contributed by atoms with van der Waals surface area (Å²) in [5.74, 6) is -1.36. The van der Waals surface area contributed by atoms with Gasteiger partial charge < -0.3 is 5.32 Å². The van der Waals surface area contributed by atoms with E-state index in [2.05, 4.69) is 15.3 Å². The van der Waals surface area contributed by atoms with Crippen molar-refractivity contribution in [1.29, 1.82) is 0 Å². The highest BCUT2D eigenvalue weighted by Crippen LogP contribution is 2.19. The van der Waals surface area contributed by atoms with Crippen LogP contribution in [0.2, 0.25) is 0 Å². The van der Waals surface area contributed by atoms with Crippen molar-refractivity contribution < 1.29 is 8.78 Å². The van der Waals surface area contributed by atoms with Crippen LogP contribution in [0.1, 0.15) is 25.2 Å². The van der Waals surface area contributed by atoms with E-state index in [4.69, 9.17) is 0 Å². The summed E-state index contributed by atoms with van der Waals surface area (Å²) < 4.78 is 26.2. The van der Waals surface area contributed by atoms with Crippen LogP contribution >= 0.6 is 0 Å². The zero-order valence-corrected chi connectivity index (χ0v) is 11.7. The summed E-state index contributed by atoms with van der Waals surface area (Å²) in [4.78, 5) is 8.66. The van der Waals surface area contributed by atoms with Gasteiger partial charge in [0.1, 0.15) is 0 Å². The van der Waals surface area contributed by atoms with Crippen LogP contribution in [0.4, 0.5) is 8.78 Å². The van der Waals surface area contributed by atoms with E-state index in [1.807, 2.05) is 26.8 Å². The Bertz CT molecular complexity index is 612. The van der Waals surface area contributed by atoms with E-state index in [9.17, 15) is 8.78 Å². The number of halogens is 2. The van der Waals surface area contributed by atoms with Gasteiger partial charge in [0.2, 0.25) is 0 Å². The zero-order valence-electron chi connectivity index (χ0n) is 11.7. The molecule has 0 spiro atoms. The van der Waals surface area contributed by atoms with Crippen molar-refractivity contribution in [2.75, 3.05) is 0 Å². The molecule has 2 aromatic rings. The molecule has 0 aliphatic rings. The largest absolute Gasteiger partial charge is 0.309 e. The minimum Gasteiger partial charge on any atom is -0.309 e. The van der Waals surface area contributed by atoms with E-state index < -0.39 is 11.6 Å². The van der Waals surface area contributed by atoms with Crippen molar-refractivity contribution in [3.8, 4) is 11.4 Å². The van der Waals surface area contributed by atoms with Crippen LogP contribution in [0.5, 0.6) is 0 Å². The molecule has 1 aromatic heterocycles. The van der Waals surface area contributed by atoms with E-state index in [-0.39, 0.29) is 0 Å². The van der Waals surface area contributed by atoms with Crippen molar-refractivity contribution in [3.05, 3.63) is 47.3 Å². The molecule has 0 unspecified atom stereocenters. The van der Waals surface area contributed by atoms with Gasteiger partial charge in [-0.2, -0.15) is 0 Å². The monoisotopic (exact) mass is 277 g/mol. The Hall–Kier alpha value is -1.88. The molecule has 0 fully saturated rings. The van der Waals surface area contributed by atoms with Gasteiger partial charge in [-0.3, -0.25) is 0 Å². The highest BCUT2D eigenvalue weighted by Gasteiger charge is 2.09. The topological polar surface area (TPSA) is 37.8 Å². The van der Waals surface area contributed by atoms with Crippen molar-refractivity contribution in [1.82, 2.24) is 15.3 Å². The molecule has 0 atom stereocenters. The molecule has 3 nitrogen and oxygen atoms in total. The summed E-state index contributed by atoms with van der Waals surface area (Å²) in [6.07, 6.45) is 0. The SMILES string of the molecule is Cc1cc(CNC(C)C)nc(-c2ccc(F)c(F)c2)n1. The van der Waals surface area contributed by atoms with Gasteiger partial charge in [0.25, 0.3) is 0 Å². The van der Waals surface area contributed by atoms with Crippen LogP contribution in [-0.4, -0.2) is 16.0 Å². The summed E-state index contributed by atoms with van der Waals surface area (Å²) in [5, 5.41) is 3.26. The van der Waals surface area contributed by atoms with E-state index in [1.54, 1.807) is 0 Å². The number of nitrogens with one attached hydrogen (secondary N) is 1. The van der Waals surface area contributed by atoms with E-state index in [1.165, 1.54) is 6.07 Å². The third kappa shape index (κ3) is 3.57. The first kappa shape index (κ1) is 14.5. The number of rotatable bonds is 4. The average molecular weight is 277 g/mol. The van der Waals surface area contributed by atoms with Crippen molar-refractivity contribution in [3.63, 3.8) is 0 Å². The number of aryl methyl sites for hydroxylation is 1. The van der Waals surface area contributed by atoms with Gasteiger partial charge in [0, 0.05) is 23.8 Å². The maximum Gasteiger partial charge on any atom is 0.159 e. The van der Waals surface area contributed by atoms with E-state index in [0.717, 1.165) is 23.5 Å². The summed E-state index contributed by atoms with van der Waals surface area (Å²) >= 11 is 0. The zero-order chi connectivity index (χ0) is 14.7. The van der Waals surface area contributed by atoms with Gasteiger partial charge in [-0.05, 0) is 31.2 Å². The molecule has 106 valence electrons. The van der Waals surface area contributed by atoms with Crippen molar-refractivity contribution in [2.24, 2.45) is 0 Å². The molecule has 5 heteroatoms. The van der Waals surface area contributed by atoms with Crippen molar-refractivity contribution in [2.45, 2.75) is 33.4 Å². The van der Waals surface area contributed by atoms with Crippen LogP contribution in [-0.2, 0) is 6.54 Å². The lowest BCUT2D eigenvalue weighted by molar-refractivity contribution is 0.509. The predicted molar refractivity (Wildman–Crippen MR) is 74.1 cm³/mol. The molecular formula is C15H17F2N3. The van der Waals surface area contributed by atoms with Crippen LogP contribution in [0.3, 0.4) is 0 Å². The Kier molecular flexibility index (Phi) is 4.39. The molecule has 0 bridgehead atoms. The summed E-state index contributed by atoms with van der Waals surface area (Å²) in [7, 11) is 0. The minimum atomic E-state index is -0.894. The first-order valence-electron chi connectivity index (χ1n) is 6.49. The smallest absolute Gasteiger partial charge is 0.159 e. The maximum absolute atomic E-state index is 13.3. The lowest BCUT2D eigenvalue weighted by atomic mass is 10.2. The second-order valence-electron chi connectivity index (χ2n) is 4.99. The molecule has 0 aliphatic carbocycles. The number of aromatic nitrogens is 2. The average Bonchev–Trinajstić information content (AvgIpc) is 2.39. The molecular weight excluding hydrogens is 260 g/mol. The fourth-order valence-electron chi connectivity index (χ4n) is 1.80. The minimum absolute atomic E-state index is 0.344. The van der Waals surface area contributed by atoms with Crippen LogP contribution in [0, 0.1) is 18.6 Å². The Balaban J connectivity index is 2.33. The molecule has 1 N–H and O–H groups in total. The Morgan fingerprint density at radius 3 is 2.50 bits per heavy atom. The van der Waals surface area contributed by atoms with Gasteiger partial charge in [-0.1, -0.05) is 13.8 Å². The Morgan fingerprint density at radius 2 is 1.85 bits per heavy atom. The van der Waals surface area contributed by atoms with Gasteiger partial charge in [0.05, 0.1) is 5.69 Å². The molecule has 0 saturated heterocycles. The first-order valence-corrected chi connectivity index (χ1v) is 6.49. The summed E-state index contributed by atoms with van der Waals surface area (Å²) in [6.45, 7) is 6.55. The van der Waals surface area contributed by atoms with E-state index >= 15 is 0 Å². The molecule has 1 heterocycles. The number of benzene rings is 1. The third-order valence-corrected chi connectivity index (χ3v) is 2.78. The Labute approximate surface area is 117 Å². The maximum atomic E-state index is 13.3. The second kappa shape index (κ2) is 6.05. The second-order valence-corrected chi connectivity index (χ2v) is 4.99. The van der Waals surface area contributed by atoms with Gasteiger partial charge in [0.15, 0.2) is 17.5 Å². The number of hydrogen-bond acceptors (Lipinski definition) is 3. The molecule has 0 saturated carbocycles. The van der Waals surface area contributed by atoms with E-state index in [0.29, 0.717) is 24.0 Å². The molecule has 0 radical (unpaired) electrons. The predicted octanol–water partition coefficient (Wildman–Crippen LogP) is 3.23. The Morgan fingerprint density at radius 1 is 1.10 bits per heavy atom. The molecule has 20 heavy (non-hydrogen) atoms. The highest BCUT2D eigenvalue weighted by atomic mass is 19.2. The molecule has 2 rings (SSSR count). The standard InChI is InChI=1S/C15H17F2N3/c1-9(2)18-8-12-6-10(3)19-15(20-12)11-4-5-13(16)14(17)7-11/h4-7,9,18H,8H2,1-3H3. The molecule has 1 aromatic carbocycles. The van der Waals surface area contributed by atoms with Crippen molar-refractivity contribution >= 4 is 0 Å². The van der Waals surface area contributed by atoms with Crippen LogP contribution in [0.25, 0.3) is 11.4 Å². The quantitative estimate of drug-likeness (QED) is 0.932. The van der Waals surface area contributed by atoms with Crippen LogP contribution in [0.15, 0.2) is 24.3 Å². The first-order chi connectivity index (χ1) is 9.45. The van der Waals surface area contributed by atoms with Gasteiger partial charge in [-0.25, -0.2) is 18.7 Å². The fourth-order valence-corrected chi connectivity index (χ4v) is 1.80. The summed E-state index contributed by atoms with van der Waals surface area (Å²) in [5.41, 5.74) is 2.09. The highest BCUT2D eigenvalue weighted by molar-refractivity contribution is 5.55. The molecule has 0 aliphatic heterocycles. The summed E-state index contributed by atoms with van der Waals surface area (Å²) in [6, 6.07) is 5.90. The normalized spacial score (nSPS) is 11.1. The van der Waals surface area contributed by atoms with Crippen LogP contribution < -0.4 is 5.32 Å². The van der Waals surface area contributed by atoms with Gasteiger partial charge >= 0.3 is 0 Å².